The molecule has 1 aliphatic rings. The molecule has 0 bridgehead atoms. The second-order valence-electron chi connectivity index (χ2n) is 3.35. The van der Waals surface area contributed by atoms with Gasteiger partial charge in [-0.2, -0.15) is 0 Å². The fourth-order valence-electron chi connectivity index (χ4n) is 1.66. The summed E-state index contributed by atoms with van der Waals surface area (Å²) in [6.07, 6.45) is 0. The van der Waals surface area contributed by atoms with Crippen molar-refractivity contribution in [3.63, 3.8) is 0 Å². The Kier molecular flexibility index (Phi) is 4.51. The van der Waals surface area contributed by atoms with Crippen LogP contribution in [0.4, 0.5) is 5.69 Å². The minimum absolute atomic E-state index is 0. The van der Waals surface area contributed by atoms with Gasteiger partial charge >= 0.3 is 0 Å². The highest BCUT2D eigenvalue weighted by Crippen LogP contribution is 2.33. The highest BCUT2D eigenvalue weighted by atomic mass is 35.5. The van der Waals surface area contributed by atoms with Crippen LogP contribution in [0.3, 0.4) is 0 Å². The van der Waals surface area contributed by atoms with Gasteiger partial charge in [-0.15, -0.1) is 12.4 Å². The Morgan fingerprint density at radius 1 is 1.27 bits per heavy atom. The van der Waals surface area contributed by atoms with E-state index in [1.165, 1.54) is 0 Å². The fraction of sp³-hybridized carbons (Fsp3) is 0.400. The number of hydrogen-bond donors (Lipinski definition) is 2. The molecule has 3 nitrogen and oxygen atoms in total. The van der Waals surface area contributed by atoms with Crippen LogP contribution >= 0.6 is 24.0 Å². The maximum atomic E-state index is 9.46. The van der Waals surface area contributed by atoms with Crippen molar-refractivity contribution in [2.45, 2.75) is 0 Å². The lowest BCUT2D eigenvalue weighted by molar-refractivity contribution is 0.475. The molecule has 0 saturated carbocycles. The van der Waals surface area contributed by atoms with E-state index in [0.717, 1.165) is 31.9 Å². The average Bonchev–Trinajstić information content (AvgIpc) is 2.23. The molecule has 2 rings (SSSR count). The third kappa shape index (κ3) is 2.68. The normalized spacial score (nSPS) is 15.9. The van der Waals surface area contributed by atoms with Gasteiger partial charge in [0.2, 0.25) is 0 Å². The monoisotopic (exact) mass is 248 g/mol. The highest BCUT2D eigenvalue weighted by Gasteiger charge is 2.14. The smallest absolute Gasteiger partial charge is 0.136 e. The summed E-state index contributed by atoms with van der Waals surface area (Å²) >= 11 is 6.01. The number of rotatable bonds is 1. The predicted octanol–water partition coefficient (Wildman–Crippen LogP) is 1.88. The molecule has 0 atom stereocenters. The number of benzene rings is 1. The first-order valence-electron chi connectivity index (χ1n) is 4.72. The van der Waals surface area contributed by atoms with E-state index in [-0.39, 0.29) is 18.2 Å². The number of phenolic OH excluding ortho intramolecular Hbond substituents is 1. The van der Waals surface area contributed by atoms with Crippen molar-refractivity contribution in [2.24, 2.45) is 0 Å². The number of piperazine rings is 1. The average molecular weight is 249 g/mol. The summed E-state index contributed by atoms with van der Waals surface area (Å²) in [4.78, 5) is 2.18. The quantitative estimate of drug-likeness (QED) is 0.797. The first-order chi connectivity index (χ1) is 6.79. The van der Waals surface area contributed by atoms with Crippen molar-refractivity contribution in [3.05, 3.63) is 23.2 Å². The second kappa shape index (κ2) is 5.45. The third-order valence-electron chi connectivity index (χ3n) is 2.42. The van der Waals surface area contributed by atoms with Crippen LogP contribution in [0.1, 0.15) is 0 Å². The standard InChI is InChI=1S/C10H13ClN2O.ClH/c11-10-8(2-1-3-9(10)14)13-6-4-12-5-7-13;/h1-3,12,14H,4-7H2;1H. The molecule has 0 aliphatic carbocycles. The zero-order chi connectivity index (χ0) is 9.97. The molecule has 0 amide bonds. The van der Waals surface area contributed by atoms with Gasteiger partial charge in [-0.05, 0) is 12.1 Å². The predicted molar refractivity (Wildman–Crippen MR) is 65.4 cm³/mol. The molecule has 1 aromatic carbocycles. The zero-order valence-electron chi connectivity index (χ0n) is 8.24. The van der Waals surface area contributed by atoms with Crippen LogP contribution in [-0.4, -0.2) is 31.3 Å². The van der Waals surface area contributed by atoms with Crippen LogP contribution in [-0.2, 0) is 0 Å². The second-order valence-corrected chi connectivity index (χ2v) is 3.73. The molecular weight excluding hydrogens is 235 g/mol. The Balaban J connectivity index is 0.00000112. The number of anilines is 1. The van der Waals surface area contributed by atoms with Gasteiger partial charge in [0, 0.05) is 26.2 Å². The van der Waals surface area contributed by atoms with E-state index in [1.807, 2.05) is 12.1 Å². The van der Waals surface area contributed by atoms with Crippen LogP contribution in [0, 0.1) is 0 Å². The number of phenols is 1. The molecule has 15 heavy (non-hydrogen) atoms. The highest BCUT2D eigenvalue weighted by molar-refractivity contribution is 6.34. The minimum atomic E-state index is 0. The summed E-state index contributed by atoms with van der Waals surface area (Å²) in [6, 6.07) is 5.36. The summed E-state index contributed by atoms with van der Waals surface area (Å²) in [7, 11) is 0. The van der Waals surface area contributed by atoms with E-state index in [1.54, 1.807) is 6.07 Å². The number of hydrogen-bond acceptors (Lipinski definition) is 3. The van der Waals surface area contributed by atoms with Gasteiger partial charge in [-0.1, -0.05) is 17.7 Å². The van der Waals surface area contributed by atoms with Crippen molar-refractivity contribution in [1.82, 2.24) is 5.32 Å². The van der Waals surface area contributed by atoms with E-state index in [9.17, 15) is 5.11 Å². The molecule has 0 radical (unpaired) electrons. The number of aromatic hydroxyl groups is 1. The van der Waals surface area contributed by atoms with E-state index in [2.05, 4.69) is 10.2 Å². The molecule has 0 unspecified atom stereocenters. The van der Waals surface area contributed by atoms with Gasteiger partial charge in [-0.25, -0.2) is 0 Å². The van der Waals surface area contributed by atoms with Gasteiger partial charge in [0.15, 0.2) is 0 Å². The van der Waals surface area contributed by atoms with Crippen LogP contribution in [0.15, 0.2) is 18.2 Å². The fourth-order valence-corrected chi connectivity index (χ4v) is 1.90. The number of nitrogens with one attached hydrogen (secondary N) is 1. The summed E-state index contributed by atoms with van der Waals surface area (Å²) < 4.78 is 0. The summed E-state index contributed by atoms with van der Waals surface area (Å²) in [5.74, 6) is 0.155. The number of halogens is 2. The van der Waals surface area contributed by atoms with E-state index in [4.69, 9.17) is 11.6 Å². The lowest BCUT2D eigenvalue weighted by Gasteiger charge is -2.30. The molecule has 5 heteroatoms. The van der Waals surface area contributed by atoms with Crippen molar-refractivity contribution in [3.8, 4) is 5.75 Å². The zero-order valence-corrected chi connectivity index (χ0v) is 9.81. The summed E-state index contributed by atoms with van der Waals surface area (Å²) in [5, 5.41) is 13.2. The SMILES string of the molecule is Cl.Oc1cccc(N2CCNCC2)c1Cl. The molecule has 84 valence electrons. The topological polar surface area (TPSA) is 35.5 Å². The van der Waals surface area contributed by atoms with Gasteiger partial charge < -0.3 is 15.3 Å². The Morgan fingerprint density at radius 3 is 2.60 bits per heavy atom. The van der Waals surface area contributed by atoms with Gasteiger partial charge in [-0.3, -0.25) is 0 Å². The molecule has 0 spiro atoms. The molecular formula is C10H14Cl2N2O. The Bertz CT molecular complexity index is 327. The molecule has 1 saturated heterocycles. The Hall–Kier alpha value is -0.640. The Labute approximate surface area is 100 Å². The van der Waals surface area contributed by atoms with Crippen LogP contribution in [0.5, 0.6) is 5.75 Å². The van der Waals surface area contributed by atoms with Crippen molar-refractivity contribution in [1.29, 1.82) is 0 Å². The minimum Gasteiger partial charge on any atom is -0.506 e. The molecule has 1 aromatic rings. The van der Waals surface area contributed by atoms with Crippen molar-refractivity contribution >= 4 is 29.7 Å². The van der Waals surface area contributed by atoms with E-state index in [0.29, 0.717) is 5.02 Å². The molecule has 1 heterocycles. The van der Waals surface area contributed by atoms with Gasteiger partial charge in [0.05, 0.1) is 5.69 Å². The van der Waals surface area contributed by atoms with Crippen LogP contribution in [0.25, 0.3) is 0 Å². The maximum Gasteiger partial charge on any atom is 0.136 e. The van der Waals surface area contributed by atoms with Crippen LogP contribution in [0.2, 0.25) is 5.02 Å². The summed E-state index contributed by atoms with van der Waals surface area (Å²) in [5.41, 5.74) is 0.924. The summed E-state index contributed by atoms with van der Waals surface area (Å²) in [6.45, 7) is 3.80. The van der Waals surface area contributed by atoms with E-state index >= 15 is 0 Å². The first kappa shape index (κ1) is 12.4. The molecule has 1 aliphatic heterocycles. The van der Waals surface area contributed by atoms with Gasteiger partial charge in [0.25, 0.3) is 0 Å². The lowest BCUT2D eigenvalue weighted by atomic mass is 10.2. The van der Waals surface area contributed by atoms with Crippen molar-refractivity contribution < 1.29 is 5.11 Å². The van der Waals surface area contributed by atoms with Crippen molar-refractivity contribution in [2.75, 3.05) is 31.1 Å². The van der Waals surface area contributed by atoms with E-state index < -0.39 is 0 Å². The molecule has 0 aromatic heterocycles. The molecule has 2 N–H and O–H groups in total. The van der Waals surface area contributed by atoms with Crippen LogP contribution < -0.4 is 10.2 Å². The van der Waals surface area contributed by atoms with Gasteiger partial charge in [0.1, 0.15) is 10.8 Å². The lowest BCUT2D eigenvalue weighted by Crippen LogP contribution is -2.43. The number of nitrogens with zero attached hydrogens (tertiary/aromatic N) is 1. The molecule has 1 fully saturated rings. The Morgan fingerprint density at radius 2 is 1.93 bits per heavy atom. The third-order valence-corrected chi connectivity index (χ3v) is 2.80. The first-order valence-corrected chi connectivity index (χ1v) is 5.10. The maximum absolute atomic E-state index is 9.46. The largest absolute Gasteiger partial charge is 0.506 e.